The second-order valence-corrected chi connectivity index (χ2v) is 3.83. The molecule has 0 aliphatic rings. The molecule has 1 amide bonds. The van der Waals surface area contributed by atoms with Gasteiger partial charge in [0.1, 0.15) is 5.15 Å². The molecular weight excluding hydrogens is 254 g/mol. The molecule has 0 spiro atoms. The molecule has 6 nitrogen and oxygen atoms in total. The van der Waals surface area contributed by atoms with Gasteiger partial charge in [0.15, 0.2) is 0 Å². The zero-order chi connectivity index (χ0) is 13.0. The van der Waals surface area contributed by atoms with Gasteiger partial charge in [-0.1, -0.05) is 18.5 Å². The molecule has 2 aromatic rings. The van der Waals surface area contributed by atoms with E-state index in [1.165, 1.54) is 18.5 Å². The van der Waals surface area contributed by atoms with E-state index in [2.05, 4.69) is 25.5 Å². The molecule has 0 aromatic carbocycles. The third kappa shape index (κ3) is 2.98. The predicted octanol–water partition coefficient (Wildman–Crippen LogP) is 1.73. The molecule has 0 bridgehead atoms. The molecule has 1 N–H and O–H groups in total. The van der Waals surface area contributed by atoms with Crippen molar-refractivity contribution in [1.82, 2.24) is 20.2 Å². The number of hydrogen-bond donors (Lipinski definition) is 1. The van der Waals surface area contributed by atoms with Crippen molar-refractivity contribution in [1.29, 1.82) is 0 Å². The number of halogens is 1. The number of hydrogen-bond acceptors (Lipinski definition) is 5. The summed E-state index contributed by atoms with van der Waals surface area (Å²) >= 11 is 5.84. The topological polar surface area (TPSA) is 80.7 Å². The number of nitrogens with zero attached hydrogens (tertiary/aromatic N) is 4. The van der Waals surface area contributed by atoms with Crippen LogP contribution in [0.1, 0.15) is 23.0 Å². The highest BCUT2D eigenvalue weighted by Gasteiger charge is 2.10. The summed E-state index contributed by atoms with van der Waals surface area (Å²) in [6.07, 6.45) is 3.57. The number of amides is 1. The molecule has 18 heavy (non-hydrogen) atoms. The fraction of sp³-hybridized carbons (Fsp3) is 0.182. The van der Waals surface area contributed by atoms with Gasteiger partial charge in [0, 0.05) is 11.3 Å². The Morgan fingerprint density at radius 3 is 2.89 bits per heavy atom. The second-order valence-electron chi connectivity index (χ2n) is 3.44. The zero-order valence-corrected chi connectivity index (χ0v) is 10.3. The smallest absolute Gasteiger partial charge is 0.258 e. The minimum Gasteiger partial charge on any atom is -0.289 e. The van der Waals surface area contributed by atoms with Crippen molar-refractivity contribution in [2.45, 2.75) is 13.3 Å². The van der Waals surface area contributed by atoms with Crippen LogP contribution in [0.5, 0.6) is 0 Å². The number of rotatable bonds is 3. The fourth-order valence-electron chi connectivity index (χ4n) is 1.34. The minimum absolute atomic E-state index is 0.147. The van der Waals surface area contributed by atoms with Gasteiger partial charge in [-0.05, 0) is 18.6 Å². The lowest BCUT2D eigenvalue weighted by molar-refractivity contribution is 0.102. The van der Waals surface area contributed by atoms with Crippen molar-refractivity contribution in [2.75, 3.05) is 5.32 Å². The molecule has 0 saturated carbocycles. The van der Waals surface area contributed by atoms with Crippen LogP contribution in [0, 0.1) is 0 Å². The molecule has 0 atom stereocenters. The highest BCUT2D eigenvalue weighted by Crippen LogP contribution is 2.12. The molecule has 0 radical (unpaired) electrons. The average Bonchev–Trinajstić information content (AvgIpc) is 2.39. The lowest BCUT2D eigenvalue weighted by Gasteiger charge is -2.04. The van der Waals surface area contributed by atoms with E-state index < -0.39 is 0 Å². The van der Waals surface area contributed by atoms with E-state index in [1.807, 2.05) is 6.92 Å². The Hall–Kier alpha value is -2.08. The molecule has 0 aliphatic heterocycles. The summed E-state index contributed by atoms with van der Waals surface area (Å²) in [5.41, 5.74) is 1.17. The third-order valence-corrected chi connectivity index (χ3v) is 2.37. The van der Waals surface area contributed by atoms with E-state index >= 15 is 0 Å². The van der Waals surface area contributed by atoms with Gasteiger partial charge in [0.05, 0.1) is 12.4 Å². The Kier molecular flexibility index (Phi) is 3.78. The number of carbonyl (C=O) groups excluding carboxylic acids is 1. The lowest BCUT2D eigenvalue weighted by Crippen LogP contribution is -2.15. The molecule has 0 saturated heterocycles. The van der Waals surface area contributed by atoms with Gasteiger partial charge >= 0.3 is 0 Å². The normalized spacial score (nSPS) is 10.1. The number of pyridine rings is 1. The molecule has 2 heterocycles. The van der Waals surface area contributed by atoms with Crippen molar-refractivity contribution in [3.05, 3.63) is 40.9 Å². The van der Waals surface area contributed by atoms with E-state index in [-0.39, 0.29) is 17.0 Å². The molecule has 0 aliphatic carbocycles. The van der Waals surface area contributed by atoms with Gasteiger partial charge in [0.25, 0.3) is 5.91 Å². The van der Waals surface area contributed by atoms with Crippen molar-refractivity contribution < 1.29 is 4.79 Å². The van der Waals surface area contributed by atoms with Crippen LogP contribution in [0.25, 0.3) is 0 Å². The standard InChI is InChI=1S/C11H10ClN5O/c1-2-8-5-7(6-9(12)15-8)10(18)16-11-13-3-4-14-17-11/h3-6H,2H2,1H3,(H,13,16,17,18). The Balaban J connectivity index is 2.21. The van der Waals surface area contributed by atoms with Crippen LogP contribution in [-0.2, 0) is 6.42 Å². The number of carbonyl (C=O) groups is 1. The first-order valence-corrected chi connectivity index (χ1v) is 5.68. The minimum atomic E-state index is -0.345. The molecular formula is C11H10ClN5O. The number of aryl methyl sites for hydroxylation is 1. The first kappa shape index (κ1) is 12.4. The summed E-state index contributed by atoms with van der Waals surface area (Å²) in [4.78, 5) is 19.9. The Bertz CT molecular complexity index is 561. The number of anilines is 1. The van der Waals surface area contributed by atoms with Gasteiger partial charge in [-0.2, -0.15) is 5.10 Å². The quantitative estimate of drug-likeness (QED) is 0.853. The van der Waals surface area contributed by atoms with E-state index in [9.17, 15) is 4.79 Å². The molecule has 2 rings (SSSR count). The summed E-state index contributed by atoms with van der Waals surface area (Å²) < 4.78 is 0. The van der Waals surface area contributed by atoms with Crippen LogP contribution in [0.4, 0.5) is 5.95 Å². The first-order chi connectivity index (χ1) is 8.69. The highest BCUT2D eigenvalue weighted by molar-refractivity contribution is 6.29. The summed E-state index contributed by atoms with van der Waals surface area (Å²) in [7, 11) is 0. The van der Waals surface area contributed by atoms with Gasteiger partial charge in [-0.3, -0.25) is 10.1 Å². The van der Waals surface area contributed by atoms with E-state index in [0.717, 1.165) is 5.69 Å². The summed E-state index contributed by atoms with van der Waals surface area (Å²) in [5.74, 6) is -0.199. The van der Waals surface area contributed by atoms with Crippen molar-refractivity contribution in [3.8, 4) is 0 Å². The SMILES string of the molecule is CCc1cc(C(=O)Nc2nccnn2)cc(Cl)n1. The molecule has 92 valence electrons. The van der Waals surface area contributed by atoms with Crippen LogP contribution in [0.3, 0.4) is 0 Å². The Morgan fingerprint density at radius 2 is 2.22 bits per heavy atom. The van der Waals surface area contributed by atoms with Gasteiger partial charge < -0.3 is 0 Å². The third-order valence-electron chi connectivity index (χ3n) is 2.18. The maximum Gasteiger partial charge on any atom is 0.258 e. The average molecular weight is 264 g/mol. The molecule has 0 fully saturated rings. The molecule has 2 aromatic heterocycles. The second kappa shape index (κ2) is 5.50. The Morgan fingerprint density at radius 1 is 1.39 bits per heavy atom. The van der Waals surface area contributed by atoms with Crippen LogP contribution < -0.4 is 5.32 Å². The van der Waals surface area contributed by atoms with Crippen LogP contribution in [0.2, 0.25) is 5.15 Å². The maximum absolute atomic E-state index is 11.9. The van der Waals surface area contributed by atoms with Gasteiger partial charge in [-0.15, -0.1) is 5.10 Å². The largest absolute Gasteiger partial charge is 0.289 e. The maximum atomic E-state index is 11.9. The van der Waals surface area contributed by atoms with E-state index in [0.29, 0.717) is 12.0 Å². The monoisotopic (exact) mass is 263 g/mol. The molecule has 0 unspecified atom stereocenters. The van der Waals surface area contributed by atoms with Crippen LogP contribution >= 0.6 is 11.6 Å². The van der Waals surface area contributed by atoms with E-state index in [1.54, 1.807) is 6.07 Å². The number of aromatic nitrogens is 4. The summed E-state index contributed by atoms with van der Waals surface area (Å²) in [6.45, 7) is 1.94. The van der Waals surface area contributed by atoms with Gasteiger partial charge in [0.2, 0.25) is 5.95 Å². The highest BCUT2D eigenvalue weighted by atomic mass is 35.5. The van der Waals surface area contributed by atoms with Crippen LogP contribution in [-0.4, -0.2) is 26.1 Å². The fourth-order valence-corrected chi connectivity index (χ4v) is 1.57. The van der Waals surface area contributed by atoms with Crippen molar-refractivity contribution >= 4 is 23.5 Å². The first-order valence-electron chi connectivity index (χ1n) is 5.30. The summed E-state index contributed by atoms with van der Waals surface area (Å²) in [6, 6.07) is 3.17. The van der Waals surface area contributed by atoms with E-state index in [4.69, 9.17) is 11.6 Å². The molecule has 7 heteroatoms. The Labute approximate surface area is 108 Å². The van der Waals surface area contributed by atoms with Crippen LogP contribution in [0.15, 0.2) is 24.5 Å². The zero-order valence-electron chi connectivity index (χ0n) is 9.59. The lowest BCUT2D eigenvalue weighted by atomic mass is 10.2. The van der Waals surface area contributed by atoms with Crippen molar-refractivity contribution in [2.24, 2.45) is 0 Å². The van der Waals surface area contributed by atoms with Crippen molar-refractivity contribution in [3.63, 3.8) is 0 Å². The number of nitrogens with one attached hydrogen (secondary N) is 1. The van der Waals surface area contributed by atoms with Gasteiger partial charge in [-0.25, -0.2) is 9.97 Å². The summed E-state index contributed by atoms with van der Waals surface area (Å²) in [5, 5.41) is 10.1. The predicted molar refractivity (Wildman–Crippen MR) is 66.4 cm³/mol.